The average Bonchev–Trinajstić information content (AvgIpc) is 2.54. The first-order chi connectivity index (χ1) is 10.7. The van der Waals surface area contributed by atoms with Crippen LogP contribution in [0.5, 0.6) is 5.75 Å². The van der Waals surface area contributed by atoms with Crippen LogP contribution in [0.15, 0.2) is 53.4 Å². The van der Waals surface area contributed by atoms with Gasteiger partial charge in [-0.15, -0.1) is 11.8 Å². The molecule has 1 aliphatic heterocycles. The Labute approximate surface area is 130 Å². The third-order valence-corrected chi connectivity index (χ3v) is 4.35. The predicted molar refractivity (Wildman–Crippen MR) is 81.9 cm³/mol. The molecule has 0 spiro atoms. The first-order valence-corrected chi connectivity index (χ1v) is 7.73. The fraction of sp³-hybridized carbons (Fsp3) is 0.188. The molecule has 3 rings (SSSR count). The number of amides is 1. The van der Waals surface area contributed by atoms with Crippen molar-refractivity contribution in [1.82, 2.24) is 0 Å². The van der Waals surface area contributed by atoms with Gasteiger partial charge >= 0.3 is 6.61 Å². The molecule has 0 unspecified atom stereocenters. The minimum atomic E-state index is -2.96. The van der Waals surface area contributed by atoms with E-state index < -0.39 is 6.61 Å². The summed E-state index contributed by atoms with van der Waals surface area (Å²) in [5, 5.41) is 0. The molecule has 0 saturated heterocycles. The van der Waals surface area contributed by atoms with E-state index in [4.69, 9.17) is 0 Å². The Morgan fingerprint density at radius 3 is 2.68 bits per heavy atom. The highest BCUT2D eigenvalue weighted by atomic mass is 32.2. The fourth-order valence-corrected chi connectivity index (χ4v) is 3.36. The quantitative estimate of drug-likeness (QED) is 0.854. The number of anilines is 1. The summed E-state index contributed by atoms with van der Waals surface area (Å²) in [6.07, 6.45) is 0. The second kappa shape index (κ2) is 6.36. The molecule has 0 aromatic heterocycles. The molecule has 1 amide bonds. The van der Waals surface area contributed by atoms with Crippen molar-refractivity contribution in [1.29, 1.82) is 0 Å². The van der Waals surface area contributed by atoms with Crippen molar-refractivity contribution in [2.45, 2.75) is 11.5 Å². The Morgan fingerprint density at radius 2 is 1.86 bits per heavy atom. The van der Waals surface area contributed by atoms with Gasteiger partial charge in [-0.1, -0.05) is 24.3 Å². The van der Waals surface area contributed by atoms with Crippen LogP contribution >= 0.6 is 11.8 Å². The van der Waals surface area contributed by atoms with Gasteiger partial charge in [-0.05, 0) is 24.3 Å². The molecule has 1 heterocycles. The van der Waals surface area contributed by atoms with Crippen molar-refractivity contribution in [3.8, 4) is 5.75 Å². The van der Waals surface area contributed by atoms with Crippen LogP contribution < -0.4 is 9.64 Å². The van der Waals surface area contributed by atoms with Gasteiger partial charge in [-0.3, -0.25) is 4.79 Å². The molecule has 0 bridgehead atoms. The van der Waals surface area contributed by atoms with E-state index >= 15 is 0 Å². The Hall–Kier alpha value is -2.08. The van der Waals surface area contributed by atoms with Gasteiger partial charge in [0.15, 0.2) is 0 Å². The van der Waals surface area contributed by atoms with E-state index in [2.05, 4.69) is 4.74 Å². The van der Waals surface area contributed by atoms with Gasteiger partial charge in [0, 0.05) is 17.2 Å². The zero-order valence-electron chi connectivity index (χ0n) is 11.5. The second-order valence-electron chi connectivity index (χ2n) is 4.65. The van der Waals surface area contributed by atoms with Crippen molar-refractivity contribution in [3.63, 3.8) is 0 Å². The number of carbonyl (C=O) groups is 1. The number of nitrogens with zero attached hydrogens (tertiary/aromatic N) is 1. The zero-order chi connectivity index (χ0) is 15.5. The maximum Gasteiger partial charge on any atom is 0.387 e. The van der Waals surface area contributed by atoms with E-state index in [-0.39, 0.29) is 17.2 Å². The number of hydrogen-bond donors (Lipinski definition) is 0. The molecule has 0 aliphatic carbocycles. The lowest BCUT2D eigenvalue weighted by atomic mass is 10.1. The number of ether oxygens (including phenoxy) is 1. The summed E-state index contributed by atoms with van der Waals surface area (Å²) in [6, 6.07) is 13.6. The lowest BCUT2D eigenvalue weighted by molar-refractivity contribution is -0.0501. The van der Waals surface area contributed by atoms with Crippen molar-refractivity contribution < 1.29 is 18.3 Å². The minimum absolute atomic E-state index is 0.0989. The maximum absolute atomic E-state index is 12.8. The van der Waals surface area contributed by atoms with Crippen LogP contribution in [0.4, 0.5) is 14.5 Å². The number of halogens is 2. The van der Waals surface area contributed by atoms with Crippen LogP contribution in [0.1, 0.15) is 10.4 Å². The van der Waals surface area contributed by atoms with Gasteiger partial charge in [0.25, 0.3) is 5.91 Å². The lowest BCUT2D eigenvalue weighted by Gasteiger charge is -2.29. The highest BCUT2D eigenvalue weighted by molar-refractivity contribution is 7.99. The Kier molecular flexibility index (Phi) is 4.29. The van der Waals surface area contributed by atoms with Crippen molar-refractivity contribution in [2.24, 2.45) is 0 Å². The lowest BCUT2D eigenvalue weighted by Crippen LogP contribution is -2.35. The summed E-state index contributed by atoms with van der Waals surface area (Å²) in [5.41, 5.74) is 0.945. The standard InChI is InChI=1S/C16H13F2NO2S/c17-16(18)21-13-7-3-1-5-11(13)15(20)19-9-10-22-14-8-4-2-6-12(14)19/h1-8,16H,9-10H2. The second-order valence-corrected chi connectivity index (χ2v) is 5.78. The summed E-state index contributed by atoms with van der Waals surface area (Å²) in [5.74, 6) is 0.336. The summed E-state index contributed by atoms with van der Waals surface area (Å²) < 4.78 is 29.4. The van der Waals surface area contributed by atoms with E-state index in [0.717, 1.165) is 16.3 Å². The van der Waals surface area contributed by atoms with Gasteiger partial charge < -0.3 is 9.64 Å². The van der Waals surface area contributed by atoms with Crippen LogP contribution in [0.2, 0.25) is 0 Å². The van der Waals surface area contributed by atoms with Crippen LogP contribution in [0.25, 0.3) is 0 Å². The van der Waals surface area contributed by atoms with Crippen molar-refractivity contribution >= 4 is 23.4 Å². The largest absolute Gasteiger partial charge is 0.434 e. The smallest absolute Gasteiger partial charge is 0.387 e. The first-order valence-electron chi connectivity index (χ1n) is 6.74. The van der Waals surface area contributed by atoms with E-state index in [1.165, 1.54) is 12.1 Å². The highest BCUT2D eigenvalue weighted by Gasteiger charge is 2.26. The molecular weight excluding hydrogens is 308 g/mol. The highest BCUT2D eigenvalue weighted by Crippen LogP contribution is 2.36. The van der Waals surface area contributed by atoms with Crippen LogP contribution in [-0.4, -0.2) is 24.8 Å². The molecule has 1 aliphatic rings. The monoisotopic (exact) mass is 321 g/mol. The number of benzene rings is 2. The minimum Gasteiger partial charge on any atom is -0.434 e. The molecule has 0 radical (unpaired) electrons. The molecule has 0 saturated carbocycles. The van der Waals surface area contributed by atoms with Crippen LogP contribution in [0.3, 0.4) is 0 Å². The zero-order valence-corrected chi connectivity index (χ0v) is 12.4. The molecule has 0 atom stereocenters. The van der Waals surface area contributed by atoms with Gasteiger partial charge in [0.1, 0.15) is 5.75 Å². The van der Waals surface area contributed by atoms with Gasteiger partial charge in [0.2, 0.25) is 0 Å². The SMILES string of the molecule is O=C(c1ccccc1OC(F)F)N1CCSc2ccccc21. The number of thioether (sulfide) groups is 1. The Balaban J connectivity index is 1.96. The molecule has 2 aromatic carbocycles. The normalized spacial score (nSPS) is 13.9. The van der Waals surface area contributed by atoms with Crippen LogP contribution in [-0.2, 0) is 0 Å². The van der Waals surface area contributed by atoms with E-state index in [0.29, 0.717) is 6.54 Å². The third-order valence-electron chi connectivity index (χ3n) is 3.31. The Bertz CT molecular complexity index is 693. The number of para-hydroxylation sites is 2. The first kappa shape index (κ1) is 14.8. The molecule has 0 N–H and O–H groups in total. The summed E-state index contributed by atoms with van der Waals surface area (Å²) in [6.45, 7) is -2.43. The Morgan fingerprint density at radius 1 is 1.14 bits per heavy atom. The molecule has 3 nitrogen and oxygen atoms in total. The number of carbonyl (C=O) groups excluding carboxylic acids is 1. The number of alkyl halides is 2. The van der Waals surface area contributed by atoms with Gasteiger partial charge in [0.05, 0.1) is 11.3 Å². The molecule has 114 valence electrons. The number of hydrogen-bond acceptors (Lipinski definition) is 3. The number of fused-ring (bicyclic) bond motifs is 1. The summed E-state index contributed by atoms with van der Waals surface area (Å²) >= 11 is 1.67. The molecule has 2 aromatic rings. The maximum atomic E-state index is 12.8. The molecule has 0 fully saturated rings. The van der Waals surface area contributed by atoms with E-state index in [1.807, 2.05) is 24.3 Å². The van der Waals surface area contributed by atoms with Gasteiger partial charge in [-0.2, -0.15) is 8.78 Å². The predicted octanol–water partition coefficient (Wildman–Crippen LogP) is 4.04. The van der Waals surface area contributed by atoms with Crippen LogP contribution in [0, 0.1) is 0 Å². The molecular formula is C16H13F2NO2S. The van der Waals surface area contributed by atoms with E-state index in [1.54, 1.807) is 28.8 Å². The summed E-state index contributed by atoms with van der Waals surface area (Å²) in [4.78, 5) is 15.4. The summed E-state index contributed by atoms with van der Waals surface area (Å²) in [7, 11) is 0. The molecule has 22 heavy (non-hydrogen) atoms. The van der Waals surface area contributed by atoms with Crippen molar-refractivity contribution in [2.75, 3.05) is 17.2 Å². The fourth-order valence-electron chi connectivity index (χ4n) is 2.37. The average molecular weight is 321 g/mol. The van der Waals surface area contributed by atoms with E-state index in [9.17, 15) is 13.6 Å². The molecule has 6 heteroatoms. The van der Waals surface area contributed by atoms with Gasteiger partial charge in [-0.25, -0.2) is 0 Å². The number of rotatable bonds is 3. The van der Waals surface area contributed by atoms with Crippen molar-refractivity contribution in [3.05, 3.63) is 54.1 Å². The third kappa shape index (κ3) is 2.92. The topological polar surface area (TPSA) is 29.5 Å².